The molecule has 2 bridgehead atoms. The van der Waals surface area contributed by atoms with Crippen LogP contribution in [-0.2, 0) is 0 Å². The van der Waals surface area contributed by atoms with Crippen LogP contribution in [0.1, 0.15) is 0 Å². The zero-order valence-electron chi connectivity index (χ0n) is 35.9. The topological polar surface area (TPSA) is 40.5 Å². The van der Waals surface area contributed by atoms with Crippen LogP contribution in [0.2, 0.25) is 50.2 Å². The van der Waals surface area contributed by atoms with E-state index in [0.717, 1.165) is 0 Å². The van der Waals surface area contributed by atoms with Crippen molar-refractivity contribution in [3.63, 3.8) is 0 Å². The largest absolute Gasteiger partial charge is 0.505 e. The van der Waals surface area contributed by atoms with E-state index in [0.29, 0.717) is 0 Å². The fourth-order valence-corrected chi connectivity index (χ4v) is 20.2. The standard InChI is InChI=1S/C10H5Cl7.3C6H6Cl6.2C6HCl5O/c11-4-2-1-3-5(4)9(15)7(13)6(12)8(3,14)10(9,16)17;5*7-1-2(8)4(10)6(12)5(11)3(1)9/h1-5H;3*1-6H;2*12H. The molecule has 0 radical (unpaired) electrons. The number of hydrogen-bond acceptors (Lipinski definition) is 2. The molecule has 6 aliphatic rings. The number of phenolic OH excluding ortho intramolecular Hbond substituents is 2. The minimum atomic E-state index is -1.48. The Hall–Kier alpha value is 7.67. The molecule has 0 amide bonds. The number of rotatable bonds is 0. The van der Waals surface area contributed by atoms with E-state index in [1.54, 1.807) is 0 Å². The number of alkyl halides is 23. The maximum Gasteiger partial charge on any atom is 0.167 e. The summed E-state index contributed by atoms with van der Waals surface area (Å²) in [7, 11) is 0. The smallest absolute Gasteiger partial charge is 0.167 e. The molecule has 6 aliphatic carbocycles. The van der Waals surface area contributed by atoms with Crippen LogP contribution in [-0.4, -0.2) is 126 Å². The number of aromatic hydroxyl groups is 2. The monoisotopic (exact) mass is 1760 g/mol. The van der Waals surface area contributed by atoms with Crippen molar-refractivity contribution in [3.8, 4) is 11.5 Å². The molecule has 2 N–H and O–H groups in total. The molecule has 5 unspecified atom stereocenters. The predicted octanol–water partition coefficient (Wildman–Crippen LogP) is 25.5. The Morgan fingerprint density at radius 3 is 0.623 bits per heavy atom. The van der Waals surface area contributed by atoms with E-state index in [1.165, 1.54) is 0 Å². The van der Waals surface area contributed by atoms with E-state index < -0.39 is 111 Å². The summed E-state index contributed by atoms with van der Waals surface area (Å²) in [6.45, 7) is 0. The summed E-state index contributed by atoms with van der Waals surface area (Å²) in [6.07, 6.45) is 3.69. The maximum absolute atomic E-state index is 9.20. The van der Waals surface area contributed by atoms with Crippen molar-refractivity contribution in [3.05, 3.63) is 72.4 Å². The number of benzene rings is 2. The summed E-state index contributed by atoms with van der Waals surface area (Å²) < 4.78 is -1.48. The van der Waals surface area contributed by atoms with Crippen molar-refractivity contribution in [1.29, 1.82) is 0 Å². The SMILES string of the molecule is ClC1=C(Cl)C2(Cl)C3C(Cl)C=CC3C1(Cl)C2(Cl)Cl.ClC1C(Cl)C(Cl)C(Cl)C(Cl)C1Cl.ClC1C(Cl)C(Cl)C(Cl)C(Cl)C1Cl.ClC1C(Cl)C(Cl)C(Cl)C(Cl)C1Cl.Oc1c(Cl)c(Cl)c(Cl)c(Cl)c1Cl.Oc1c(Cl)c(Cl)c(Cl)c(Cl)c1Cl. The second-order valence-electron chi connectivity index (χ2n) is 16.3. The number of fused-ring (bicyclic) bond motifs is 5. The van der Waals surface area contributed by atoms with E-state index >= 15 is 0 Å². The highest BCUT2D eigenvalue weighted by Gasteiger charge is 2.83. The molecule has 2 aromatic carbocycles. The molecule has 0 aliphatic heterocycles. The van der Waals surface area contributed by atoms with Crippen molar-refractivity contribution < 1.29 is 10.2 Å². The highest BCUT2D eigenvalue weighted by Crippen LogP contribution is 2.78. The normalized spacial score (nSPS) is 41.3. The number of allylic oxidation sites excluding steroid dienone is 4. The first-order valence-corrected chi connectivity index (χ1v) is 34.5. The molecule has 0 heterocycles. The summed E-state index contributed by atoms with van der Waals surface area (Å²) in [4.78, 5) is -2.45. The van der Waals surface area contributed by atoms with Crippen LogP contribution in [0.25, 0.3) is 0 Å². The minimum absolute atomic E-state index is 0.00904. The summed E-state index contributed by atoms with van der Waals surface area (Å²) in [5, 5.41) is 10.3. The molecule has 8 rings (SSSR count). The third-order valence-electron chi connectivity index (χ3n) is 11.7. The van der Waals surface area contributed by atoms with Gasteiger partial charge in [-0.1, -0.05) is 175 Å². The van der Waals surface area contributed by atoms with E-state index in [1.807, 2.05) is 12.2 Å². The summed E-state index contributed by atoms with van der Waals surface area (Å²) in [5.41, 5.74) is 0. The second-order valence-corrected chi connectivity index (χ2v) is 33.0. The van der Waals surface area contributed by atoms with Crippen molar-refractivity contribution >= 4 is 406 Å². The zero-order valence-corrected chi connectivity index (χ0v) is 62.4. The van der Waals surface area contributed by atoms with Crippen LogP contribution in [0.15, 0.2) is 22.2 Å². The van der Waals surface area contributed by atoms with E-state index in [9.17, 15) is 10.2 Å². The van der Waals surface area contributed by atoms with Gasteiger partial charge in [0, 0.05) is 11.8 Å². The van der Waals surface area contributed by atoms with Gasteiger partial charge in [-0.05, 0) is 0 Å². The fraction of sp³-hybridized carbons (Fsp3) is 0.600. The molecule has 0 aromatic heterocycles. The zero-order chi connectivity index (χ0) is 60.1. The first-order valence-electron chi connectivity index (χ1n) is 20.1. The molecule has 5 atom stereocenters. The summed E-state index contributed by atoms with van der Waals surface area (Å²) >= 11 is 206. The Labute approximate surface area is 619 Å². The summed E-state index contributed by atoms with van der Waals surface area (Å²) in [6, 6.07) is 0. The van der Waals surface area contributed by atoms with Crippen molar-refractivity contribution in [2.75, 3.05) is 0 Å². The first kappa shape index (κ1) is 78.9. The van der Waals surface area contributed by atoms with Crippen molar-refractivity contribution in [2.45, 2.75) is 116 Å². The minimum Gasteiger partial charge on any atom is -0.505 e. The van der Waals surface area contributed by atoms with E-state index in [2.05, 4.69) is 0 Å². The van der Waals surface area contributed by atoms with Crippen LogP contribution in [0.5, 0.6) is 11.5 Å². The maximum atomic E-state index is 9.20. The predicted molar refractivity (Wildman–Crippen MR) is 356 cm³/mol. The van der Waals surface area contributed by atoms with Gasteiger partial charge in [-0.25, -0.2) is 0 Å². The Kier molecular flexibility index (Phi) is 33.3. The van der Waals surface area contributed by atoms with Crippen LogP contribution < -0.4 is 0 Å². The Bertz CT molecular complexity index is 1910. The van der Waals surface area contributed by atoms with Gasteiger partial charge in [0.1, 0.15) is 29.8 Å². The molecular weight excluding hydrogens is 1750 g/mol. The lowest BCUT2D eigenvalue weighted by Crippen LogP contribution is -2.52. The third kappa shape index (κ3) is 16.0. The van der Waals surface area contributed by atoms with Crippen LogP contribution >= 0.6 is 406 Å². The van der Waals surface area contributed by atoms with Gasteiger partial charge in [-0.15, -0.1) is 244 Å². The molecule has 0 saturated heterocycles. The van der Waals surface area contributed by atoms with Crippen molar-refractivity contribution in [2.24, 2.45) is 11.8 Å². The van der Waals surface area contributed by atoms with Gasteiger partial charge in [0.15, 0.2) is 15.8 Å². The van der Waals surface area contributed by atoms with E-state index in [-0.39, 0.29) is 89.0 Å². The molecule has 442 valence electrons. The van der Waals surface area contributed by atoms with Crippen LogP contribution in [0.3, 0.4) is 0 Å². The van der Waals surface area contributed by atoms with Gasteiger partial charge >= 0.3 is 0 Å². The van der Waals surface area contributed by atoms with Crippen LogP contribution in [0, 0.1) is 11.8 Å². The molecule has 4 fully saturated rings. The van der Waals surface area contributed by atoms with Crippen LogP contribution in [0.4, 0.5) is 0 Å². The lowest BCUT2D eigenvalue weighted by atomic mass is 9.84. The highest BCUT2D eigenvalue weighted by molar-refractivity contribution is 6.66. The average Bonchev–Trinajstić information content (AvgIpc) is 3.91. The average molecular weight is 1780 g/mol. The number of hydrogen-bond donors (Lipinski definition) is 2. The Balaban J connectivity index is 0.000000245. The first-order chi connectivity index (χ1) is 35.0. The number of halogens is 35. The Morgan fingerprint density at radius 1 is 0.260 bits per heavy atom. The van der Waals surface area contributed by atoms with Gasteiger partial charge in [0.2, 0.25) is 0 Å². The number of phenols is 2. The lowest BCUT2D eigenvalue weighted by Gasteiger charge is -2.37. The second kappa shape index (κ2) is 32.5. The molecule has 2 nitrogen and oxygen atoms in total. The van der Waals surface area contributed by atoms with Crippen molar-refractivity contribution in [1.82, 2.24) is 0 Å². The van der Waals surface area contributed by atoms with Gasteiger partial charge in [-0.2, -0.15) is 0 Å². The van der Waals surface area contributed by atoms with Gasteiger partial charge in [0.05, 0.1) is 142 Å². The molecule has 77 heavy (non-hydrogen) atoms. The highest BCUT2D eigenvalue weighted by atomic mass is 35.5. The van der Waals surface area contributed by atoms with Gasteiger partial charge < -0.3 is 10.2 Å². The van der Waals surface area contributed by atoms with Gasteiger partial charge in [0.25, 0.3) is 0 Å². The fourth-order valence-electron chi connectivity index (χ4n) is 7.43. The molecular formula is C40H25Cl35O2. The lowest BCUT2D eigenvalue weighted by molar-refractivity contribution is 0.420. The summed E-state index contributed by atoms with van der Waals surface area (Å²) in [5.74, 6) is -1.20. The molecule has 2 aromatic rings. The molecule has 0 spiro atoms. The Morgan fingerprint density at radius 2 is 0.429 bits per heavy atom. The quantitative estimate of drug-likeness (QED) is 0.119. The molecule has 4 saturated carbocycles. The van der Waals surface area contributed by atoms with E-state index in [4.69, 9.17) is 406 Å². The van der Waals surface area contributed by atoms with Gasteiger partial charge in [-0.3, -0.25) is 0 Å². The molecule has 37 heteroatoms. The third-order valence-corrected chi connectivity index (χ3v) is 33.1.